The highest BCUT2D eigenvalue weighted by Gasteiger charge is 2.48. The van der Waals surface area contributed by atoms with Crippen LogP contribution in [-0.2, 0) is 20.7 Å². The number of aromatic nitrogens is 1. The predicted octanol–water partition coefficient (Wildman–Crippen LogP) is 5.04. The maximum atomic E-state index is 13.6. The third-order valence-corrected chi connectivity index (χ3v) is 8.07. The van der Waals surface area contributed by atoms with E-state index in [0.717, 1.165) is 16.0 Å². The van der Waals surface area contributed by atoms with Gasteiger partial charge >= 0.3 is 11.9 Å². The smallest absolute Gasteiger partial charge is 0.337 e. The van der Waals surface area contributed by atoms with Crippen molar-refractivity contribution in [3.05, 3.63) is 88.5 Å². The van der Waals surface area contributed by atoms with Gasteiger partial charge in [0.2, 0.25) is 0 Å². The number of carbonyl (C=O) groups is 3. The number of fused-ring (bicyclic) bond motifs is 2. The number of rotatable bonds is 5. The van der Waals surface area contributed by atoms with Gasteiger partial charge < -0.3 is 19.3 Å². The average molecular weight is 557 g/mol. The lowest BCUT2D eigenvalue weighted by Gasteiger charge is -2.23. The number of esters is 1. The first-order valence-electron chi connectivity index (χ1n) is 12.5. The molecule has 0 saturated carbocycles. The minimum atomic E-state index is -0.988. The van der Waals surface area contributed by atoms with Crippen LogP contribution >= 0.6 is 11.3 Å². The van der Waals surface area contributed by atoms with Crippen LogP contribution in [0.3, 0.4) is 0 Å². The number of aliphatic hydroxyl groups is 1. The van der Waals surface area contributed by atoms with Gasteiger partial charge in [-0.2, -0.15) is 0 Å². The summed E-state index contributed by atoms with van der Waals surface area (Å²) in [7, 11) is 2.85. The van der Waals surface area contributed by atoms with E-state index in [1.165, 1.54) is 23.3 Å². The van der Waals surface area contributed by atoms with Crippen molar-refractivity contribution in [1.82, 2.24) is 4.98 Å². The maximum absolute atomic E-state index is 13.6. The molecule has 4 aromatic rings. The molecule has 2 atom stereocenters. The van der Waals surface area contributed by atoms with Crippen molar-refractivity contribution in [3.8, 4) is 11.5 Å². The molecule has 10 heteroatoms. The first-order chi connectivity index (χ1) is 19.3. The van der Waals surface area contributed by atoms with E-state index in [1.54, 1.807) is 67.8 Å². The van der Waals surface area contributed by atoms with Crippen molar-refractivity contribution in [2.45, 2.75) is 25.5 Å². The second kappa shape index (κ2) is 9.80. The summed E-state index contributed by atoms with van der Waals surface area (Å²) in [5.41, 5.74) is 2.70. The number of hydrogen-bond acceptors (Lipinski definition) is 9. The van der Waals surface area contributed by atoms with E-state index in [2.05, 4.69) is 4.98 Å². The molecular formula is C30H24N2O7S. The van der Waals surface area contributed by atoms with E-state index in [1.807, 2.05) is 6.92 Å². The summed E-state index contributed by atoms with van der Waals surface area (Å²) >= 11 is 1.23. The Morgan fingerprint density at radius 1 is 1.05 bits per heavy atom. The number of ether oxygens (including phenoxy) is 3. The number of ketones is 1. The van der Waals surface area contributed by atoms with Gasteiger partial charge in [0.15, 0.2) is 5.13 Å². The summed E-state index contributed by atoms with van der Waals surface area (Å²) < 4.78 is 16.7. The zero-order chi connectivity index (χ0) is 28.1. The normalized spacial score (nSPS) is 19.5. The topological polar surface area (TPSA) is 115 Å². The van der Waals surface area contributed by atoms with Gasteiger partial charge in [-0.15, -0.1) is 0 Å². The van der Waals surface area contributed by atoms with Crippen molar-refractivity contribution in [1.29, 1.82) is 0 Å². The van der Waals surface area contributed by atoms with Gasteiger partial charge in [0.05, 0.1) is 41.6 Å². The van der Waals surface area contributed by atoms with Crippen LogP contribution in [0.5, 0.6) is 11.5 Å². The van der Waals surface area contributed by atoms with Crippen LogP contribution in [0.25, 0.3) is 16.0 Å². The van der Waals surface area contributed by atoms with Crippen LogP contribution in [0.2, 0.25) is 0 Å². The van der Waals surface area contributed by atoms with Crippen molar-refractivity contribution in [2.24, 2.45) is 0 Å². The number of thiazole rings is 1. The van der Waals surface area contributed by atoms with Gasteiger partial charge in [0.25, 0.3) is 5.78 Å². The fraction of sp³-hybridized carbons (Fsp3) is 0.200. The Hall–Kier alpha value is -4.70. The third-order valence-electron chi connectivity index (χ3n) is 7.05. The molecule has 1 amide bonds. The Morgan fingerprint density at radius 2 is 1.80 bits per heavy atom. The second-order valence-electron chi connectivity index (χ2n) is 9.57. The van der Waals surface area contributed by atoms with Gasteiger partial charge in [-0.3, -0.25) is 14.5 Å². The molecule has 0 unspecified atom stereocenters. The SMILES string of the molecule is COC(=O)c1ccc([C@H]2/C(=C(\O)c3ccc4c(c3)C[C@H](C)O4)C(=O)C(=O)N2c2nc3ccc(OC)cc3s2)cc1. The summed E-state index contributed by atoms with van der Waals surface area (Å²) in [6.07, 6.45) is 0.669. The molecule has 3 aromatic carbocycles. The van der Waals surface area contributed by atoms with Gasteiger partial charge in [0, 0.05) is 12.0 Å². The zero-order valence-electron chi connectivity index (χ0n) is 21.8. The molecule has 0 aliphatic carbocycles. The van der Waals surface area contributed by atoms with Crippen molar-refractivity contribution >= 4 is 50.1 Å². The molecule has 1 aromatic heterocycles. The van der Waals surface area contributed by atoms with Gasteiger partial charge in [-0.25, -0.2) is 9.78 Å². The van der Waals surface area contributed by atoms with E-state index >= 15 is 0 Å². The Balaban J connectivity index is 1.52. The number of carbonyl (C=O) groups excluding carboxylic acids is 3. The minimum absolute atomic E-state index is 0.00367. The largest absolute Gasteiger partial charge is 0.507 e. The number of benzene rings is 3. The number of Topliss-reactive ketones (excluding diaryl/α,β-unsaturated/α-hetero) is 1. The molecule has 6 rings (SSSR count). The molecule has 0 spiro atoms. The number of aliphatic hydroxyl groups excluding tert-OH is 1. The van der Waals surface area contributed by atoms with Crippen LogP contribution < -0.4 is 14.4 Å². The van der Waals surface area contributed by atoms with Crippen LogP contribution in [0.4, 0.5) is 5.13 Å². The van der Waals surface area contributed by atoms with Crippen LogP contribution in [0.1, 0.15) is 40.0 Å². The van der Waals surface area contributed by atoms with Crippen LogP contribution in [-0.4, -0.2) is 48.1 Å². The van der Waals surface area contributed by atoms with Crippen molar-refractivity contribution in [2.75, 3.05) is 19.1 Å². The number of amides is 1. The molecule has 3 heterocycles. The highest BCUT2D eigenvalue weighted by atomic mass is 32.1. The highest BCUT2D eigenvalue weighted by Crippen LogP contribution is 2.45. The summed E-state index contributed by atoms with van der Waals surface area (Å²) in [5.74, 6) is -1.10. The minimum Gasteiger partial charge on any atom is -0.507 e. The molecule has 40 heavy (non-hydrogen) atoms. The summed E-state index contributed by atoms with van der Waals surface area (Å²) in [6, 6.07) is 15.9. The van der Waals surface area contributed by atoms with Crippen molar-refractivity contribution in [3.63, 3.8) is 0 Å². The molecule has 1 saturated heterocycles. The Kier molecular flexibility index (Phi) is 6.26. The fourth-order valence-corrected chi connectivity index (χ4v) is 6.13. The molecule has 202 valence electrons. The van der Waals surface area contributed by atoms with E-state index in [4.69, 9.17) is 14.2 Å². The molecule has 0 radical (unpaired) electrons. The summed E-state index contributed by atoms with van der Waals surface area (Å²) in [4.78, 5) is 45.1. The average Bonchev–Trinajstić information content (AvgIpc) is 3.63. The summed E-state index contributed by atoms with van der Waals surface area (Å²) in [5, 5.41) is 11.8. The zero-order valence-corrected chi connectivity index (χ0v) is 22.7. The van der Waals surface area contributed by atoms with Gasteiger partial charge in [-0.05, 0) is 66.6 Å². The second-order valence-corrected chi connectivity index (χ2v) is 10.6. The molecule has 0 bridgehead atoms. The Morgan fingerprint density at radius 3 is 2.52 bits per heavy atom. The quantitative estimate of drug-likeness (QED) is 0.157. The van der Waals surface area contributed by atoms with E-state index < -0.39 is 23.7 Å². The molecular weight excluding hydrogens is 532 g/mol. The first kappa shape index (κ1) is 25.6. The monoisotopic (exact) mass is 556 g/mol. The van der Waals surface area contributed by atoms with Crippen LogP contribution in [0.15, 0.2) is 66.2 Å². The number of methoxy groups -OCH3 is 2. The molecule has 1 fully saturated rings. The van der Waals surface area contributed by atoms with Crippen molar-refractivity contribution < 1.29 is 33.7 Å². The first-order valence-corrected chi connectivity index (χ1v) is 13.3. The van der Waals surface area contributed by atoms with E-state index in [9.17, 15) is 19.5 Å². The lowest BCUT2D eigenvalue weighted by molar-refractivity contribution is -0.132. The lowest BCUT2D eigenvalue weighted by atomic mass is 9.94. The van der Waals surface area contributed by atoms with E-state index in [-0.39, 0.29) is 17.4 Å². The maximum Gasteiger partial charge on any atom is 0.337 e. The molecule has 2 aliphatic rings. The summed E-state index contributed by atoms with van der Waals surface area (Å²) in [6.45, 7) is 1.96. The fourth-order valence-electron chi connectivity index (χ4n) is 5.11. The molecule has 2 aliphatic heterocycles. The van der Waals surface area contributed by atoms with Crippen LogP contribution in [0, 0.1) is 0 Å². The van der Waals surface area contributed by atoms with E-state index in [0.29, 0.717) is 39.5 Å². The third kappa shape index (κ3) is 4.17. The number of hydrogen-bond donors (Lipinski definition) is 1. The van der Waals surface area contributed by atoms with Gasteiger partial charge in [-0.1, -0.05) is 23.5 Å². The standard InChI is InChI=1S/C30H24N2O7S/c1-15-12-19-13-18(8-11-22(19)39-15)26(33)24-25(16-4-6-17(7-5-16)29(36)38-3)32(28(35)27(24)34)30-31-21-10-9-20(37-2)14-23(21)40-30/h4-11,13-15,25,33H,12H2,1-3H3/b26-24+/t15-,25-/m0/s1. The molecule has 1 N–H and O–H groups in total. The Labute approximate surface area is 233 Å². The lowest BCUT2D eigenvalue weighted by Crippen LogP contribution is -2.29. The Bertz CT molecular complexity index is 1720. The number of nitrogens with zero attached hydrogens (tertiary/aromatic N) is 2. The van der Waals surface area contributed by atoms with Gasteiger partial charge in [0.1, 0.15) is 23.4 Å². The molecule has 9 nitrogen and oxygen atoms in total. The highest BCUT2D eigenvalue weighted by molar-refractivity contribution is 7.22. The number of anilines is 1. The predicted molar refractivity (Wildman–Crippen MR) is 149 cm³/mol.